The zero-order chi connectivity index (χ0) is 15.6. The van der Waals surface area contributed by atoms with Crippen molar-refractivity contribution in [1.29, 1.82) is 0 Å². The molecule has 1 atom stereocenters. The Bertz CT molecular complexity index is 528. The first-order chi connectivity index (χ1) is 9.76. The minimum atomic E-state index is -0.503. The summed E-state index contributed by atoms with van der Waals surface area (Å²) in [5, 5.41) is 0.484. The summed E-state index contributed by atoms with van der Waals surface area (Å²) in [7, 11) is 0. The molecule has 2 rings (SSSR count). The fourth-order valence-corrected chi connectivity index (χ4v) is 2.56. The first kappa shape index (κ1) is 16.0. The summed E-state index contributed by atoms with van der Waals surface area (Å²) in [5.41, 5.74) is 1.25. The highest BCUT2D eigenvalue weighted by atomic mass is 35.5. The molecule has 0 radical (unpaired) electrons. The lowest BCUT2D eigenvalue weighted by atomic mass is 9.95. The van der Waals surface area contributed by atoms with Gasteiger partial charge in [-0.25, -0.2) is 14.8 Å². The van der Waals surface area contributed by atoms with Crippen molar-refractivity contribution in [2.45, 2.75) is 52.7 Å². The molecule has 0 bridgehead atoms. The van der Waals surface area contributed by atoms with Crippen LogP contribution in [0.15, 0.2) is 6.33 Å². The predicted octanol–water partition coefficient (Wildman–Crippen LogP) is 3.45. The van der Waals surface area contributed by atoms with Crippen LogP contribution in [-0.4, -0.2) is 33.1 Å². The first-order valence-electron chi connectivity index (χ1n) is 7.22. The van der Waals surface area contributed by atoms with E-state index in [-0.39, 0.29) is 6.09 Å². The molecule has 1 aliphatic rings. The maximum Gasteiger partial charge on any atom is 0.410 e. The number of aromatic nitrogens is 2. The van der Waals surface area contributed by atoms with Crippen LogP contribution in [0.1, 0.15) is 45.4 Å². The highest BCUT2D eigenvalue weighted by Crippen LogP contribution is 2.25. The van der Waals surface area contributed by atoms with E-state index in [2.05, 4.69) is 16.9 Å². The van der Waals surface area contributed by atoms with E-state index >= 15 is 0 Å². The molecule has 6 heteroatoms. The highest BCUT2D eigenvalue weighted by molar-refractivity contribution is 6.30. The third-order valence-corrected chi connectivity index (χ3v) is 3.74. The summed E-state index contributed by atoms with van der Waals surface area (Å²) in [5.74, 6) is 0.414. The van der Waals surface area contributed by atoms with Crippen molar-refractivity contribution in [3.8, 4) is 0 Å². The summed E-state index contributed by atoms with van der Waals surface area (Å²) >= 11 is 6.18. The molecule has 0 saturated carbocycles. The Morgan fingerprint density at radius 3 is 2.81 bits per heavy atom. The summed E-state index contributed by atoms with van der Waals surface area (Å²) < 4.78 is 5.46. The van der Waals surface area contributed by atoms with Crippen LogP contribution in [0.4, 0.5) is 4.79 Å². The van der Waals surface area contributed by atoms with Gasteiger partial charge in [-0.1, -0.05) is 18.5 Å². The molecule has 1 aromatic rings. The summed E-state index contributed by atoms with van der Waals surface area (Å²) in [6.45, 7) is 8.82. The van der Waals surface area contributed by atoms with Crippen molar-refractivity contribution >= 4 is 17.7 Å². The zero-order valence-corrected chi connectivity index (χ0v) is 13.8. The third kappa shape index (κ3) is 4.30. The molecule has 1 amide bonds. The van der Waals surface area contributed by atoms with Crippen LogP contribution in [0.3, 0.4) is 0 Å². The molecule has 0 spiro atoms. The van der Waals surface area contributed by atoms with Gasteiger partial charge in [0.2, 0.25) is 0 Å². The SMILES string of the molecule is CC1CCN(C(=O)OC(C)(C)C)Cc2ncnc(Cl)c2C1. The topological polar surface area (TPSA) is 55.3 Å². The van der Waals surface area contributed by atoms with Crippen molar-refractivity contribution in [1.82, 2.24) is 14.9 Å². The molecular formula is C15H22ClN3O2. The molecule has 5 nitrogen and oxygen atoms in total. The largest absolute Gasteiger partial charge is 0.444 e. The monoisotopic (exact) mass is 311 g/mol. The van der Waals surface area contributed by atoms with Gasteiger partial charge in [0.15, 0.2) is 0 Å². The Morgan fingerprint density at radius 2 is 2.14 bits per heavy atom. The quantitative estimate of drug-likeness (QED) is 0.689. The molecule has 0 N–H and O–H groups in total. The number of hydrogen-bond acceptors (Lipinski definition) is 4. The van der Waals surface area contributed by atoms with E-state index < -0.39 is 5.60 Å². The molecule has 2 heterocycles. The summed E-state index contributed by atoms with van der Waals surface area (Å²) in [6.07, 6.45) is 2.89. The average molecular weight is 312 g/mol. The standard InChI is InChI=1S/C15H22ClN3O2/c1-10-5-6-19(14(20)21-15(2,3)4)8-12-11(7-10)13(16)18-9-17-12/h9-10H,5-8H2,1-4H3. The molecule has 1 aliphatic heterocycles. The van der Waals surface area contributed by atoms with Gasteiger partial charge in [-0.15, -0.1) is 0 Å². The van der Waals surface area contributed by atoms with Crippen molar-refractivity contribution in [2.75, 3.05) is 6.54 Å². The van der Waals surface area contributed by atoms with Gasteiger partial charge in [0.1, 0.15) is 17.1 Å². The molecular weight excluding hydrogens is 290 g/mol. The van der Waals surface area contributed by atoms with Gasteiger partial charge in [0.25, 0.3) is 0 Å². The lowest BCUT2D eigenvalue weighted by molar-refractivity contribution is 0.0217. The second-order valence-electron chi connectivity index (χ2n) is 6.59. The molecule has 0 aliphatic carbocycles. The van der Waals surface area contributed by atoms with Crippen molar-refractivity contribution in [3.63, 3.8) is 0 Å². The van der Waals surface area contributed by atoms with Gasteiger partial charge < -0.3 is 9.64 Å². The molecule has 1 unspecified atom stereocenters. The van der Waals surface area contributed by atoms with Crippen LogP contribution < -0.4 is 0 Å². The number of nitrogens with zero attached hydrogens (tertiary/aromatic N) is 3. The number of carbonyl (C=O) groups excluding carboxylic acids is 1. The summed E-state index contributed by atoms with van der Waals surface area (Å²) in [6, 6.07) is 0. The second kappa shape index (κ2) is 6.18. The number of hydrogen-bond donors (Lipinski definition) is 0. The fraction of sp³-hybridized carbons (Fsp3) is 0.667. The van der Waals surface area contributed by atoms with E-state index in [4.69, 9.17) is 16.3 Å². The minimum absolute atomic E-state index is 0.308. The van der Waals surface area contributed by atoms with E-state index in [1.165, 1.54) is 6.33 Å². The smallest absolute Gasteiger partial charge is 0.410 e. The Hall–Kier alpha value is -1.36. The van der Waals surface area contributed by atoms with Gasteiger partial charge in [-0.05, 0) is 39.5 Å². The maximum absolute atomic E-state index is 12.3. The lowest BCUT2D eigenvalue weighted by Gasteiger charge is -2.30. The van der Waals surface area contributed by atoms with Crippen molar-refractivity contribution in [2.24, 2.45) is 5.92 Å². The number of rotatable bonds is 0. The third-order valence-electron chi connectivity index (χ3n) is 3.42. The van der Waals surface area contributed by atoms with E-state index in [1.54, 1.807) is 4.90 Å². The fourth-order valence-electron chi connectivity index (χ4n) is 2.33. The molecule has 0 fully saturated rings. The minimum Gasteiger partial charge on any atom is -0.444 e. The van der Waals surface area contributed by atoms with Gasteiger partial charge in [0, 0.05) is 12.1 Å². The average Bonchev–Trinajstić information content (AvgIpc) is 2.33. The molecule has 21 heavy (non-hydrogen) atoms. The number of amides is 1. The van der Waals surface area contributed by atoms with Crippen LogP contribution in [0.25, 0.3) is 0 Å². The molecule has 1 aromatic heterocycles. The predicted molar refractivity (Wildman–Crippen MR) is 81.2 cm³/mol. The number of halogens is 1. The van der Waals surface area contributed by atoms with Crippen molar-refractivity contribution < 1.29 is 9.53 Å². The molecule has 0 aromatic carbocycles. The van der Waals surface area contributed by atoms with Gasteiger partial charge in [-0.2, -0.15) is 0 Å². The van der Waals surface area contributed by atoms with Crippen LogP contribution >= 0.6 is 11.6 Å². The van der Waals surface area contributed by atoms with Gasteiger partial charge in [-0.3, -0.25) is 0 Å². The number of fused-ring (bicyclic) bond motifs is 1. The number of carbonyl (C=O) groups is 1. The highest BCUT2D eigenvalue weighted by Gasteiger charge is 2.26. The van der Waals surface area contributed by atoms with Crippen LogP contribution in [0, 0.1) is 5.92 Å². The van der Waals surface area contributed by atoms with E-state index in [0.717, 1.165) is 24.1 Å². The maximum atomic E-state index is 12.3. The van der Waals surface area contributed by atoms with Crippen LogP contribution in [-0.2, 0) is 17.7 Å². The van der Waals surface area contributed by atoms with E-state index in [1.807, 2.05) is 20.8 Å². The Balaban J connectivity index is 2.25. The summed E-state index contributed by atoms with van der Waals surface area (Å²) in [4.78, 5) is 22.4. The zero-order valence-electron chi connectivity index (χ0n) is 13.0. The Morgan fingerprint density at radius 1 is 1.43 bits per heavy atom. The first-order valence-corrected chi connectivity index (χ1v) is 7.60. The molecule has 116 valence electrons. The van der Waals surface area contributed by atoms with E-state index in [0.29, 0.717) is 24.2 Å². The Labute approximate surface area is 130 Å². The van der Waals surface area contributed by atoms with E-state index in [9.17, 15) is 4.79 Å². The Kier molecular flexibility index (Phi) is 4.71. The number of ether oxygens (including phenoxy) is 1. The molecule has 0 saturated heterocycles. The lowest BCUT2D eigenvalue weighted by Crippen LogP contribution is -2.39. The van der Waals surface area contributed by atoms with Crippen LogP contribution in [0.5, 0.6) is 0 Å². The van der Waals surface area contributed by atoms with Gasteiger partial charge >= 0.3 is 6.09 Å². The van der Waals surface area contributed by atoms with Crippen molar-refractivity contribution in [3.05, 3.63) is 22.7 Å². The normalized spacial score (nSPS) is 19.5. The second-order valence-corrected chi connectivity index (χ2v) is 6.95. The van der Waals surface area contributed by atoms with Gasteiger partial charge in [0.05, 0.1) is 12.2 Å². The van der Waals surface area contributed by atoms with Crippen LogP contribution in [0.2, 0.25) is 5.15 Å².